The van der Waals surface area contributed by atoms with Gasteiger partial charge in [-0.1, -0.05) is 35.9 Å². The van der Waals surface area contributed by atoms with Gasteiger partial charge < -0.3 is 15.4 Å². The van der Waals surface area contributed by atoms with Crippen LogP contribution >= 0.6 is 0 Å². The second-order valence-corrected chi connectivity index (χ2v) is 8.91. The van der Waals surface area contributed by atoms with Crippen molar-refractivity contribution in [3.8, 4) is 0 Å². The molecule has 1 atom stereocenters. The summed E-state index contributed by atoms with van der Waals surface area (Å²) in [6.07, 6.45) is 0.674. The number of ketones is 1. The van der Waals surface area contributed by atoms with Crippen molar-refractivity contribution >= 4 is 23.5 Å². The fraction of sp³-hybridized carbons (Fsp3) is 0.423. The fourth-order valence-corrected chi connectivity index (χ4v) is 4.53. The van der Waals surface area contributed by atoms with Gasteiger partial charge in [-0.2, -0.15) is 0 Å². The van der Waals surface area contributed by atoms with E-state index < -0.39 is 12.2 Å². The van der Waals surface area contributed by atoms with Crippen molar-refractivity contribution in [1.82, 2.24) is 10.6 Å². The largest absolute Gasteiger partial charge is 0.442 e. The number of nitrogens with one attached hydrogen (secondary N) is 2. The number of carbonyl (C=O) groups excluding carboxylic acids is 3. The minimum Gasteiger partial charge on any atom is -0.442 e. The number of anilines is 1. The number of nitrogens with zero attached hydrogens (tertiary/aromatic N) is 1. The SMILES string of the molecule is Cc1ccc(C(=O)CCC(=O)NCC2CN(c3cccc(F)c3C3CCNCC3)C(=O)O2)cc1. The van der Waals surface area contributed by atoms with Gasteiger partial charge in [0.2, 0.25) is 5.91 Å². The van der Waals surface area contributed by atoms with Crippen LogP contribution in [0.25, 0.3) is 0 Å². The topological polar surface area (TPSA) is 87.7 Å². The van der Waals surface area contributed by atoms with Gasteiger partial charge in [0, 0.05) is 24.0 Å². The molecule has 2 heterocycles. The van der Waals surface area contributed by atoms with Crippen molar-refractivity contribution in [2.75, 3.05) is 31.1 Å². The van der Waals surface area contributed by atoms with Crippen LogP contribution < -0.4 is 15.5 Å². The van der Waals surface area contributed by atoms with E-state index in [1.807, 2.05) is 19.1 Å². The van der Waals surface area contributed by atoms with E-state index in [1.165, 1.54) is 11.0 Å². The molecule has 0 aromatic heterocycles. The van der Waals surface area contributed by atoms with Crippen LogP contribution in [-0.2, 0) is 9.53 Å². The Balaban J connectivity index is 1.31. The summed E-state index contributed by atoms with van der Waals surface area (Å²) in [5.41, 5.74) is 2.74. The Hall–Kier alpha value is -3.26. The van der Waals surface area contributed by atoms with Gasteiger partial charge in [0.05, 0.1) is 18.8 Å². The summed E-state index contributed by atoms with van der Waals surface area (Å²) in [4.78, 5) is 38.6. The van der Waals surface area contributed by atoms with Crippen LogP contribution in [-0.4, -0.2) is 50.1 Å². The fourth-order valence-electron chi connectivity index (χ4n) is 4.53. The molecule has 2 aromatic carbocycles. The van der Waals surface area contributed by atoms with Crippen LogP contribution in [0.3, 0.4) is 0 Å². The first-order valence-electron chi connectivity index (χ1n) is 11.8. The van der Waals surface area contributed by atoms with Gasteiger partial charge in [0.1, 0.15) is 11.9 Å². The number of aryl methyl sites for hydroxylation is 1. The van der Waals surface area contributed by atoms with Crippen molar-refractivity contribution in [2.45, 2.75) is 44.6 Å². The third-order valence-corrected chi connectivity index (χ3v) is 6.42. The predicted octanol–water partition coefficient (Wildman–Crippen LogP) is 3.71. The molecule has 0 spiro atoms. The zero-order valence-corrected chi connectivity index (χ0v) is 19.3. The summed E-state index contributed by atoms with van der Waals surface area (Å²) >= 11 is 0. The van der Waals surface area contributed by atoms with Crippen LogP contribution in [0.1, 0.15) is 53.1 Å². The number of ether oxygens (including phenoxy) is 1. The van der Waals surface area contributed by atoms with Gasteiger partial charge in [-0.05, 0) is 50.9 Å². The van der Waals surface area contributed by atoms with E-state index in [0.29, 0.717) is 16.8 Å². The average Bonchev–Trinajstić information content (AvgIpc) is 3.22. The molecule has 0 radical (unpaired) electrons. The van der Waals surface area contributed by atoms with E-state index in [0.717, 1.165) is 31.5 Å². The summed E-state index contributed by atoms with van der Waals surface area (Å²) in [6, 6.07) is 12.0. The van der Waals surface area contributed by atoms with Crippen LogP contribution in [0, 0.1) is 12.7 Å². The molecule has 1 unspecified atom stereocenters. The third kappa shape index (κ3) is 5.62. The molecule has 180 valence electrons. The molecule has 0 saturated carbocycles. The standard InChI is InChI=1S/C26H30FN3O4/c1-17-5-7-18(8-6-17)23(31)9-10-24(32)29-15-20-16-30(26(33)34-20)22-4-2-3-21(27)25(22)19-11-13-28-14-12-19/h2-8,19-20,28H,9-16H2,1H3,(H,29,32). The van der Waals surface area contributed by atoms with Crippen LogP contribution in [0.15, 0.2) is 42.5 Å². The molecule has 2 aliphatic heterocycles. The lowest BCUT2D eigenvalue weighted by Gasteiger charge is -2.27. The summed E-state index contributed by atoms with van der Waals surface area (Å²) < 4.78 is 20.2. The minimum absolute atomic E-state index is 0.0371. The molecule has 2 aliphatic rings. The highest BCUT2D eigenvalue weighted by Crippen LogP contribution is 2.36. The molecule has 8 heteroatoms. The smallest absolute Gasteiger partial charge is 0.414 e. The van der Waals surface area contributed by atoms with Crippen molar-refractivity contribution in [3.05, 3.63) is 65.0 Å². The monoisotopic (exact) mass is 467 g/mol. The van der Waals surface area contributed by atoms with Crippen molar-refractivity contribution in [3.63, 3.8) is 0 Å². The molecule has 2 saturated heterocycles. The highest BCUT2D eigenvalue weighted by molar-refractivity contribution is 5.98. The molecule has 7 nitrogen and oxygen atoms in total. The van der Waals surface area contributed by atoms with Crippen molar-refractivity contribution in [2.24, 2.45) is 0 Å². The van der Waals surface area contributed by atoms with Crippen LogP contribution in [0.2, 0.25) is 0 Å². The molecule has 2 aromatic rings. The minimum atomic E-state index is -0.548. The molecular formula is C26H30FN3O4. The molecule has 4 rings (SSSR count). The number of cyclic esters (lactones) is 1. The second-order valence-electron chi connectivity index (χ2n) is 8.91. The van der Waals surface area contributed by atoms with Crippen LogP contribution in [0.5, 0.6) is 0 Å². The maximum Gasteiger partial charge on any atom is 0.414 e. The number of hydrogen-bond donors (Lipinski definition) is 2. The molecule has 34 heavy (non-hydrogen) atoms. The Labute approximate surface area is 198 Å². The Morgan fingerprint density at radius 2 is 1.85 bits per heavy atom. The Morgan fingerprint density at radius 3 is 2.59 bits per heavy atom. The molecular weight excluding hydrogens is 437 g/mol. The van der Waals surface area contributed by atoms with Gasteiger partial charge in [-0.25, -0.2) is 9.18 Å². The lowest BCUT2D eigenvalue weighted by molar-refractivity contribution is -0.121. The number of Topliss-reactive ketones (excluding diaryl/α,β-unsaturated/α-hetero) is 1. The normalized spacial score (nSPS) is 18.6. The van der Waals surface area contributed by atoms with E-state index in [9.17, 15) is 18.8 Å². The number of benzene rings is 2. The van der Waals surface area contributed by atoms with E-state index in [-0.39, 0.29) is 49.4 Å². The maximum absolute atomic E-state index is 14.8. The summed E-state index contributed by atoms with van der Waals surface area (Å²) in [5.74, 6) is -0.649. The third-order valence-electron chi connectivity index (χ3n) is 6.42. The Kier molecular flexibility index (Phi) is 7.57. The summed E-state index contributed by atoms with van der Waals surface area (Å²) in [7, 11) is 0. The van der Waals surface area contributed by atoms with E-state index in [2.05, 4.69) is 10.6 Å². The number of hydrogen-bond acceptors (Lipinski definition) is 5. The quantitative estimate of drug-likeness (QED) is 0.578. The van der Waals surface area contributed by atoms with Crippen LogP contribution in [0.4, 0.5) is 14.9 Å². The van der Waals surface area contributed by atoms with Crippen molar-refractivity contribution in [1.29, 1.82) is 0 Å². The molecule has 0 aliphatic carbocycles. The number of piperidine rings is 1. The zero-order chi connectivity index (χ0) is 24.1. The first kappa shape index (κ1) is 23.9. The molecule has 2 amide bonds. The highest BCUT2D eigenvalue weighted by atomic mass is 19.1. The van der Waals surface area contributed by atoms with E-state index in [4.69, 9.17) is 4.74 Å². The van der Waals surface area contributed by atoms with Gasteiger partial charge >= 0.3 is 6.09 Å². The number of rotatable bonds is 8. The maximum atomic E-state index is 14.8. The number of amides is 2. The second kappa shape index (κ2) is 10.8. The highest BCUT2D eigenvalue weighted by Gasteiger charge is 2.35. The van der Waals surface area contributed by atoms with Gasteiger partial charge in [0.15, 0.2) is 5.78 Å². The Morgan fingerprint density at radius 1 is 1.12 bits per heavy atom. The number of carbonyl (C=O) groups is 3. The molecule has 0 bridgehead atoms. The predicted molar refractivity (Wildman–Crippen MR) is 127 cm³/mol. The van der Waals surface area contributed by atoms with Crippen molar-refractivity contribution < 1.29 is 23.5 Å². The molecule has 2 fully saturated rings. The first-order chi connectivity index (χ1) is 16.4. The number of halogens is 1. The van der Waals surface area contributed by atoms with Gasteiger partial charge in [0.25, 0.3) is 0 Å². The summed E-state index contributed by atoms with van der Waals surface area (Å²) in [5, 5.41) is 6.02. The lowest BCUT2D eigenvalue weighted by atomic mass is 9.88. The van der Waals surface area contributed by atoms with E-state index in [1.54, 1.807) is 24.3 Å². The lowest BCUT2D eigenvalue weighted by Crippen LogP contribution is -2.35. The average molecular weight is 468 g/mol. The first-order valence-corrected chi connectivity index (χ1v) is 11.8. The van der Waals surface area contributed by atoms with Gasteiger partial charge in [-0.15, -0.1) is 0 Å². The van der Waals surface area contributed by atoms with Gasteiger partial charge in [-0.3, -0.25) is 14.5 Å². The summed E-state index contributed by atoms with van der Waals surface area (Å²) in [6.45, 7) is 3.93. The zero-order valence-electron chi connectivity index (χ0n) is 19.3. The molecule has 2 N–H and O–H groups in total. The van der Waals surface area contributed by atoms with E-state index >= 15 is 0 Å². The Bertz CT molecular complexity index is 1050.